The molecule has 2 rings (SSSR count). The van der Waals surface area contributed by atoms with E-state index in [-0.39, 0.29) is 34.0 Å². The standard InChI is InChI=1S/C11H11ClN2O3/c1-6(15)5-14-10(17)7-3-2-4-8(16)9(7)13-11(14)12/h2-4,6,15-16H,5H2,1H3. The summed E-state index contributed by atoms with van der Waals surface area (Å²) in [6, 6.07) is 4.55. The summed E-state index contributed by atoms with van der Waals surface area (Å²) in [5, 5.41) is 19.1. The van der Waals surface area contributed by atoms with Crippen LogP contribution in [0, 0.1) is 0 Å². The van der Waals surface area contributed by atoms with Gasteiger partial charge in [0.05, 0.1) is 18.0 Å². The van der Waals surface area contributed by atoms with Gasteiger partial charge in [-0.3, -0.25) is 9.36 Å². The highest BCUT2D eigenvalue weighted by atomic mass is 35.5. The third kappa shape index (κ3) is 2.11. The number of phenols is 1. The van der Waals surface area contributed by atoms with E-state index >= 15 is 0 Å². The smallest absolute Gasteiger partial charge is 0.262 e. The Morgan fingerprint density at radius 1 is 1.53 bits per heavy atom. The van der Waals surface area contributed by atoms with E-state index in [1.807, 2.05) is 0 Å². The molecule has 17 heavy (non-hydrogen) atoms. The van der Waals surface area contributed by atoms with E-state index in [1.165, 1.54) is 10.6 Å². The summed E-state index contributed by atoms with van der Waals surface area (Å²) in [5.74, 6) is -0.0919. The second kappa shape index (κ2) is 4.35. The number of hydrogen-bond acceptors (Lipinski definition) is 4. The summed E-state index contributed by atoms with van der Waals surface area (Å²) in [5.41, 5.74) is -0.207. The zero-order valence-electron chi connectivity index (χ0n) is 9.09. The summed E-state index contributed by atoms with van der Waals surface area (Å²) in [4.78, 5) is 16.0. The summed E-state index contributed by atoms with van der Waals surface area (Å²) < 4.78 is 1.17. The molecule has 1 aromatic carbocycles. The van der Waals surface area contributed by atoms with Crippen molar-refractivity contribution in [3.05, 3.63) is 33.8 Å². The van der Waals surface area contributed by atoms with Crippen LogP contribution in [0.15, 0.2) is 23.0 Å². The minimum atomic E-state index is -0.707. The minimum absolute atomic E-state index is 0.0510. The van der Waals surface area contributed by atoms with Gasteiger partial charge in [-0.25, -0.2) is 4.98 Å². The van der Waals surface area contributed by atoms with Gasteiger partial charge >= 0.3 is 0 Å². The first-order valence-electron chi connectivity index (χ1n) is 5.07. The quantitative estimate of drug-likeness (QED) is 0.788. The molecule has 1 aromatic heterocycles. The van der Waals surface area contributed by atoms with Crippen LogP contribution in [0.3, 0.4) is 0 Å². The van der Waals surface area contributed by atoms with Crippen molar-refractivity contribution in [2.45, 2.75) is 19.6 Å². The molecule has 6 heteroatoms. The maximum Gasteiger partial charge on any atom is 0.262 e. The van der Waals surface area contributed by atoms with Crippen molar-refractivity contribution < 1.29 is 10.2 Å². The van der Waals surface area contributed by atoms with E-state index in [1.54, 1.807) is 19.1 Å². The number of nitrogens with zero attached hydrogens (tertiary/aromatic N) is 2. The maximum absolute atomic E-state index is 12.1. The highest BCUT2D eigenvalue weighted by Gasteiger charge is 2.12. The van der Waals surface area contributed by atoms with E-state index in [0.29, 0.717) is 0 Å². The van der Waals surface area contributed by atoms with E-state index in [2.05, 4.69) is 4.98 Å². The van der Waals surface area contributed by atoms with Gasteiger partial charge in [0.15, 0.2) is 0 Å². The minimum Gasteiger partial charge on any atom is -0.506 e. The third-order valence-corrected chi connectivity index (χ3v) is 2.65. The number of halogens is 1. The third-order valence-electron chi connectivity index (χ3n) is 2.36. The number of aliphatic hydroxyl groups excluding tert-OH is 1. The van der Waals surface area contributed by atoms with E-state index in [0.717, 1.165) is 0 Å². The monoisotopic (exact) mass is 254 g/mol. The predicted octanol–water partition coefficient (Wildman–Crippen LogP) is 1.14. The number of aromatic nitrogens is 2. The summed E-state index contributed by atoms with van der Waals surface area (Å²) in [6.07, 6.45) is -0.707. The van der Waals surface area contributed by atoms with Crippen LogP contribution in [-0.4, -0.2) is 25.9 Å². The Kier molecular flexibility index (Phi) is 3.04. The number of para-hydroxylation sites is 1. The highest BCUT2D eigenvalue weighted by molar-refractivity contribution is 6.28. The van der Waals surface area contributed by atoms with Crippen molar-refractivity contribution in [1.82, 2.24) is 9.55 Å². The van der Waals surface area contributed by atoms with Crippen LogP contribution in [0.4, 0.5) is 0 Å². The zero-order valence-corrected chi connectivity index (χ0v) is 9.85. The Balaban J connectivity index is 2.77. The molecule has 0 aliphatic carbocycles. The first-order chi connectivity index (χ1) is 8.00. The maximum atomic E-state index is 12.1. The molecule has 0 spiro atoms. The molecule has 0 aliphatic rings. The first-order valence-corrected chi connectivity index (χ1v) is 5.44. The lowest BCUT2D eigenvalue weighted by molar-refractivity contribution is 0.172. The number of aliphatic hydroxyl groups is 1. The van der Waals surface area contributed by atoms with Gasteiger partial charge < -0.3 is 10.2 Å². The molecule has 2 aromatic rings. The first kappa shape index (κ1) is 11.9. The van der Waals surface area contributed by atoms with Crippen LogP contribution >= 0.6 is 11.6 Å². The summed E-state index contributed by atoms with van der Waals surface area (Å²) >= 11 is 5.85. The van der Waals surface area contributed by atoms with Crippen molar-refractivity contribution in [2.75, 3.05) is 0 Å². The van der Waals surface area contributed by atoms with Gasteiger partial charge in [-0.1, -0.05) is 6.07 Å². The topological polar surface area (TPSA) is 75.3 Å². The number of rotatable bonds is 2. The van der Waals surface area contributed by atoms with Crippen molar-refractivity contribution >= 4 is 22.5 Å². The molecule has 90 valence electrons. The summed E-state index contributed by atoms with van der Waals surface area (Å²) in [6.45, 7) is 1.62. The van der Waals surface area contributed by atoms with Crippen LogP contribution in [0.5, 0.6) is 5.75 Å². The molecule has 0 radical (unpaired) electrons. The predicted molar refractivity (Wildman–Crippen MR) is 64.4 cm³/mol. The normalized spacial score (nSPS) is 12.9. The number of aromatic hydroxyl groups is 1. The van der Waals surface area contributed by atoms with Crippen LogP contribution in [0.1, 0.15) is 6.92 Å². The molecule has 1 unspecified atom stereocenters. The van der Waals surface area contributed by atoms with Crippen molar-refractivity contribution in [2.24, 2.45) is 0 Å². The molecule has 0 aliphatic heterocycles. The molecule has 0 amide bonds. The number of hydrogen-bond donors (Lipinski definition) is 2. The Morgan fingerprint density at radius 2 is 2.24 bits per heavy atom. The van der Waals surface area contributed by atoms with Crippen molar-refractivity contribution in [3.8, 4) is 5.75 Å². The lowest BCUT2D eigenvalue weighted by Crippen LogP contribution is -2.26. The Bertz CT molecular complexity index is 622. The average Bonchev–Trinajstić information content (AvgIpc) is 2.26. The largest absolute Gasteiger partial charge is 0.506 e. The average molecular weight is 255 g/mol. The van der Waals surface area contributed by atoms with Crippen LogP contribution < -0.4 is 5.56 Å². The second-order valence-corrected chi connectivity index (χ2v) is 4.16. The van der Waals surface area contributed by atoms with Gasteiger partial charge in [0.1, 0.15) is 11.3 Å². The lowest BCUT2D eigenvalue weighted by Gasteiger charge is -2.11. The highest BCUT2D eigenvalue weighted by Crippen LogP contribution is 2.21. The molecule has 2 N–H and O–H groups in total. The Morgan fingerprint density at radius 3 is 2.88 bits per heavy atom. The molecule has 1 heterocycles. The van der Waals surface area contributed by atoms with Crippen LogP contribution in [0.25, 0.3) is 10.9 Å². The molecule has 0 bridgehead atoms. The molecule has 1 atom stereocenters. The molecular formula is C11H11ClN2O3. The number of phenolic OH excluding ortho intramolecular Hbond substituents is 1. The van der Waals surface area contributed by atoms with Gasteiger partial charge in [-0.05, 0) is 30.7 Å². The van der Waals surface area contributed by atoms with Crippen molar-refractivity contribution in [1.29, 1.82) is 0 Å². The molecule has 0 fully saturated rings. The fourth-order valence-corrected chi connectivity index (χ4v) is 1.86. The van der Waals surface area contributed by atoms with E-state index in [9.17, 15) is 15.0 Å². The molecular weight excluding hydrogens is 244 g/mol. The van der Waals surface area contributed by atoms with E-state index in [4.69, 9.17) is 11.6 Å². The van der Waals surface area contributed by atoms with Gasteiger partial charge in [0, 0.05) is 0 Å². The lowest BCUT2D eigenvalue weighted by atomic mass is 10.2. The number of benzene rings is 1. The van der Waals surface area contributed by atoms with Gasteiger partial charge in [-0.15, -0.1) is 0 Å². The van der Waals surface area contributed by atoms with E-state index < -0.39 is 6.10 Å². The number of fused-ring (bicyclic) bond motifs is 1. The fraction of sp³-hybridized carbons (Fsp3) is 0.273. The fourth-order valence-electron chi connectivity index (χ4n) is 1.63. The summed E-state index contributed by atoms with van der Waals surface area (Å²) in [7, 11) is 0. The van der Waals surface area contributed by atoms with Gasteiger partial charge in [0.2, 0.25) is 5.28 Å². The Hall–Kier alpha value is -1.59. The molecule has 0 saturated heterocycles. The van der Waals surface area contributed by atoms with Crippen LogP contribution in [0.2, 0.25) is 5.28 Å². The zero-order chi connectivity index (χ0) is 12.6. The Labute approximate surface area is 102 Å². The molecule has 0 saturated carbocycles. The van der Waals surface area contributed by atoms with Gasteiger partial charge in [0.25, 0.3) is 5.56 Å². The van der Waals surface area contributed by atoms with Gasteiger partial charge in [-0.2, -0.15) is 0 Å². The van der Waals surface area contributed by atoms with Crippen molar-refractivity contribution in [3.63, 3.8) is 0 Å². The van der Waals surface area contributed by atoms with Crippen LogP contribution in [-0.2, 0) is 6.54 Å². The molecule has 5 nitrogen and oxygen atoms in total. The SMILES string of the molecule is CC(O)Cn1c(Cl)nc2c(O)cccc2c1=O. The second-order valence-electron chi connectivity index (χ2n) is 3.82.